The molecule has 0 bridgehead atoms. The zero-order valence-electron chi connectivity index (χ0n) is 18.8. The average Bonchev–Trinajstić information content (AvgIpc) is 3.34. The first-order chi connectivity index (χ1) is 16.0. The smallest absolute Gasteiger partial charge is 0.248 e. The highest BCUT2D eigenvalue weighted by Crippen LogP contribution is 2.17. The molecule has 3 aromatic rings. The maximum Gasteiger partial charge on any atom is 0.248 e. The van der Waals surface area contributed by atoms with Gasteiger partial charge in [0.2, 0.25) is 17.7 Å². The Morgan fingerprint density at radius 1 is 0.939 bits per heavy atom. The Morgan fingerprint density at radius 3 is 2.27 bits per heavy atom. The average molecular weight is 448 g/mol. The van der Waals surface area contributed by atoms with Gasteiger partial charge < -0.3 is 16.0 Å². The van der Waals surface area contributed by atoms with E-state index in [-0.39, 0.29) is 24.1 Å². The first-order valence-corrected chi connectivity index (χ1v) is 11.0. The second kappa shape index (κ2) is 11.6. The third-order valence-electron chi connectivity index (χ3n) is 5.14. The molecule has 0 radical (unpaired) electrons. The maximum absolute atomic E-state index is 12.9. The molecule has 8 heteroatoms. The number of carbonyl (C=O) groups excluding carboxylic acids is 3. The molecule has 1 heterocycles. The zero-order valence-corrected chi connectivity index (χ0v) is 18.8. The van der Waals surface area contributed by atoms with Crippen molar-refractivity contribution in [3.05, 3.63) is 78.6 Å². The summed E-state index contributed by atoms with van der Waals surface area (Å²) in [5.74, 6) is -0.728. The van der Waals surface area contributed by atoms with E-state index in [1.54, 1.807) is 54.3 Å². The van der Waals surface area contributed by atoms with Crippen LogP contribution in [0.15, 0.2) is 73.1 Å². The molecular weight excluding hydrogens is 418 g/mol. The van der Waals surface area contributed by atoms with Crippen molar-refractivity contribution in [1.82, 2.24) is 15.1 Å². The summed E-state index contributed by atoms with van der Waals surface area (Å²) in [6.45, 7) is 3.71. The molecule has 8 nitrogen and oxygen atoms in total. The Labute approximate surface area is 193 Å². The van der Waals surface area contributed by atoms with E-state index in [9.17, 15) is 14.4 Å². The first-order valence-electron chi connectivity index (χ1n) is 11.0. The van der Waals surface area contributed by atoms with Crippen LogP contribution in [0.3, 0.4) is 0 Å². The molecule has 3 amide bonds. The fourth-order valence-electron chi connectivity index (χ4n) is 3.36. The highest BCUT2D eigenvalue weighted by Gasteiger charge is 2.21. The number of rotatable bonds is 10. The molecule has 0 aliphatic rings. The molecule has 172 valence electrons. The fraction of sp³-hybridized carbons (Fsp3) is 0.280. The molecule has 3 rings (SSSR count). The minimum absolute atomic E-state index is 0.205. The van der Waals surface area contributed by atoms with E-state index < -0.39 is 12.1 Å². The number of anilines is 2. The van der Waals surface area contributed by atoms with Crippen LogP contribution in [-0.4, -0.2) is 33.5 Å². The highest BCUT2D eigenvalue weighted by molar-refractivity contribution is 5.98. The van der Waals surface area contributed by atoms with E-state index in [2.05, 4.69) is 21.0 Å². The quantitative estimate of drug-likeness (QED) is 0.442. The van der Waals surface area contributed by atoms with Gasteiger partial charge in [0.05, 0.1) is 6.42 Å². The van der Waals surface area contributed by atoms with E-state index in [1.165, 1.54) is 0 Å². The molecule has 0 saturated carbocycles. The van der Waals surface area contributed by atoms with E-state index in [0.29, 0.717) is 17.8 Å². The predicted octanol–water partition coefficient (Wildman–Crippen LogP) is 3.55. The normalized spacial score (nSPS) is 12.4. The molecule has 0 spiro atoms. The molecule has 0 saturated heterocycles. The van der Waals surface area contributed by atoms with Crippen molar-refractivity contribution in [2.24, 2.45) is 0 Å². The van der Waals surface area contributed by atoms with Crippen LogP contribution in [-0.2, 0) is 20.8 Å². The molecule has 0 aliphatic heterocycles. The SMILES string of the molecule is CCCC(NC(=O)Cc1ccccc1)C(=O)Nc1cccc(NC(=O)C(C)n2cccn2)c1. The van der Waals surface area contributed by atoms with Crippen molar-refractivity contribution in [2.45, 2.75) is 45.2 Å². The Balaban J connectivity index is 1.60. The van der Waals surface area contributed by atoms with Crippen molar-refractivity contribution in [1.29, 1.82) is 0 Å². The van der Waals surface area contributed by atoms with Crippen molar-refractivity contribution < 1.29 is 14.4 Å². The van der Waals surface area contributed by atoms with Gasteiger partial charge in [-0.2, -0.15) is 5.10 Å². The third-order valence-corrected chi connectivity index (χ3v) is 5.14. The number of amides is 3. The van der Waals surface area contributed by atoms with E-state index in [0.717, 1.165) is 12.0 Å². The largest absolute Gasteiger partial charge is 0.344 e. The molecule has 0 fully saturated rings. The first kappa shape index (κ1) is 23.7. The number of aromatic nitrogens is 2. The van der Waals surface area contributed by atoms with Crippen LogP contribution in [0.4, 0.5) is 11.4 Å². The molecular formula is C25H29N5O3. The van der Waals surface area contributed by atoms with E-state index in [1.807, 2.05) is 37.3 Å². The van der Waals surface area contributed by atoms with Crippen molar-refractivity contribution in [3.8, 4) is 0 Å². The topological polar surface area (TPSA) is 105 Å². The van der Waals surface area contributed by atoms with Crippen molar-refractivity contribution in [3.63, 3.8) is 0 Å². The van der Waals surface area contributed by atoms with Crippen LogP contribution < -0.4 is 16.0 Å². The monoisotopic (exact) mass is 447 g/mol. The second-order valence-electron chi connectivity index (χ2n) is 7.79. The van der Waals surface area contributed by atoms with Gasteiger partial charge in [-0.15, -0.1) is 0 Å². The molecule has 1 aromatic heterocycles. The summed E-state index contributed by atoms with van der Waals surface area (Å²) >= 11 is 0. The van der Waals surface area contributed by atoms with Crippen LogP contribution >= 0.6 is 0 Å². The van der Waals surface area contributed by atoms with Gasteiger partial charge in [-0.05, 0) is 43.2 Å². The standard InChI is InChI=1S/C25H29N5O3/c1-3-9-22(29-23(31)16-19-10-5-4-6-11-19)25(33)28-21-13-7-12-20(17-21)27-24(32)18(2)30-15-8-14-26-30/h4-8,10-15,17-18,22H,3,9,16H2,1-2H3,(H,27,32)(H,28,33)(H,29,31). The van der Waals surface area contributed by atoms with E-state index in [4.69, 9.17) is 0 Å². The Morgan fingerprint density at radius 2 is 1.64 bits per heavy atom. The summed E-state index contributed by atoms with van der Waals surface area (Å²) in [4.78, 5) is 37.8. The highest BCUT2D eigenvalue weighted by atomic mass is 16.2. The Kier molecular flexibility index (Phi) is 8.35. The minimum atomic E-state index is -0.649. The van der Waals surface area contributed by atoms with E-state index >= 15 is 0 Å². The fourth-order valence-corrected chi connectivity index (χ4v) is 3.36. The van der Waals surface area contributed by atoms with Gasteiger partial charge in [0, 0.05) is 23.8 Å². The second-order valence-corrected chi connectivity index (χ2v) is 7.79. The molecule has 2 atom stereocenters. The van der Waals surface area contributed by atoms with Gasteiger partial charge >= 0.3 is 0 Å². The van der Waals surface area contributed by atoms with Gasteiger partial charge in [0.25, 0.3) is 0 Å². The Hall–Kier alpha value is -3.94. The van der Waals surface area contributed by atoms with Gasteiger partial charge in [-0.25, -0.2) is 0 Å². The molecule has 2 unspecified atom stereocenters. The summed E-state index contributed by atoms with van der Waals surface area (Å²) < 4.78 is 1.56. The number of benzene rings is 2. The van der Waals surface area contributed by atoms with Crippen LogP contribution in [0.2, 0.25) is 0 Å². The van der Waals surface area contributed by atoms with Crippen LogP contribution in [0.1, 0.15) is 38.3 Å². The van der Waals surface area contributed by atoms with Gasteiger partial charge in [0.15, 0.2) is 0 Å². The lowest BCUT2D eigenvalue weighted by atomic mass is 10.1. The summed E-state index contributed by atoms with van der Waals surface area (Å²) in [5.41, 5.74) is 1.97. The van der Waals surface area contributed by atoms with Crippen LogP contribution in [0, 0.1) is 0 Å². The number of hydrogen-bond acceptors (Lipinski definition) is 4. The van der Waals surface area contributed by atoms with Gasteiger partial charge in [0.1, 0.15) is 12.1 Å². The lowest BCUT2D eigenvalue weighted by Crippen LogP contribution is -2.44. The van der Waals surface area contributed by atoms with Gasteiger partial charge in [-0.3, -0.25) is 19.1 Å². The zero-order chi connectivity index (χ0) is 23.6. The summed E-state index contributed by atoms with van der Waals surface area (Å²) in [7, 11) is 0. The minimum Gasteiger partial charge on any atom is -0.344 e. The molecule has 33 heavy (non-hydrogen) atoms. The molecule has 2 aromatic carbocycles. The van der Waals surface area contributed by atoms with Crippen LogP contribution in [0.5, 0.6) is 0 Å². The van der Waals surface area contributed by atoms with Crippen molar-refractivity contribution >= 4 is 29.1 Å². The van der Waals surface area contributed by atoms with Gasteiger partial charge in [-0.1, -0.05) is 49.7 Å². The number of hydrogen-bond donors (Lipinski definition) is 3. The number of nitrogens with one attached hydrogen (secondary N) is 3. The summed E-state index contributed by atoms with van der Waals surface area (Å²) in [6.07, 6.45) is 4.81. The Bertz CT molecular complexity index is 1070. The summed E-state index contributed by atoms with van der Waals surface area (Å²) in [5, 5.41) is 12.6. The lowest BCUT2D eigenvalue weighted by molar-refractivity contribution is -0.126. The summed E-state index contributed by atoms with van der Waals surface area (Å²) in [6, 6.07) is 16.9. The van der Waals surface area contributed by atoms with Crippen LogP contribution in [0.25, 0.3) is 0 Å². The predicted molar refractivity (Wildman–Crippen MR) is 128 cm³/mol. The molecule has 0 aliphatic carbocycles. The third kappa shape index (κ3) is 7.03. The molecule has 3 N–H and O–H groups in total. The lowest BCUT2D eigenvalue weighted by Gasteiger charge is -2.18. The van der Waals surface area contributed by atoms with Crippen molar-refractivity contribution in [2.75, 3.05) is 10.6 Å². The number of carbonyl (C=O) groups is 3. The maximum atomic E-state index is 12.9. The number of nitrogens with zero attached hydrogens (tertiary/aromatic N) is 2.